The van der Waals surface area contributed by atoms with Crippen LogP contribution in [0.5, 0.6) is 11.5 Å². The lowest BCUT2D eigenvalue weighted by Gasteiger charge is -2.11. The Labute approximate surface area is 131 Å². The third kappa shape index (κ3) is 3.61. The van der Waals surface area contributed by atoms with Crippen molar-refractivity contribution in [1.82, 2.24) is 0 Å². The Bertz CT molecular complexity index is 707. The number of ether oxygens (including phenoxy) is 2. The molecular formula is C16H12BrNO3. The number of hydrogen-bond donors (Lipinski definition) is 0. The van der Waals surface area contributed by atoms with E-state index in [2.05, 4.69) is 22.0 Å². The fraction of sp³-hybridized carbons (Fsp3) is 0.125. The first-order chi connectivity index (χ1) is 10.2. The largest absolute Gasteiger partial charge is 0.496 e. The summed E-state index contributed by atoms with van der Waals surface area (Å²) in [7, 11) is 1.56. The molecule has 2 rings (SSSR count). The molecule has 0 aliphatic carbocycles. The molecule has 106 valence electrons. The van der Waals surface area contributed by atoms with Crippen molar-refractivity contribution < 1.29 is 14.3 Å². The Morgan fingerprint density at radius 2 is 2.10 bits per heavy atom. The zero-order valence-corrected chi connectivity index (χ0v) is 12.9. The fourth-order valence-corrected chi connectivity index (χ4v) is 2.16. The van der Waals surface area contributed by atoms with E-state index in [0.717, 1.165) is 11.8 Å². The van der Waals surface area contributed by atoms with Gasteiger partial charge in [0.2, 0.25) is 0 Å². The summed E-state index contributed by atoms with van der Waals surface area (Å²) in [6.07, 6.45) is 0.758. The lowest BCUT2D eigenvalue weighted by atomic mass is 10.1. The van der Waals surface area contributed by atoms with E-state index in [1.807, 2.05) is 0 Å². The number of rotatable bonds is 5. The standard InChI is InChI=1S/C16H12BrNO3/c1-20-16-5-2-11(8-18)6-13(16)10-21-14-3-4-15(17)12(7-14)9-19/h2-7,9H,10H2,1H3. The van der Waals surface area contributed by atoms with Gasteiger partial charge in [-0.2, -0.15) is 5.26 Å². The van der Waals surface area contributed by atoms with E-state index in [4.69, 9.17) is 14.7 Å². The van der Waals surface area contributed by atoms with Gasteiger partial charge in [-0.1, -0.05) is 15.9 Å². The number of halogens is 1. The number of nitriles is 1. The van der Waals surface area contributed by atoms with Gasteiger partial charge in [0.05, 0.1) is 18.7 Å². The average Bonchev–Trinajstić information content (AvgIpc) is 2.53. The Morgan fingerprint density at radius 3 is 2.76 bits per heavy atom. The van der Waals surface area contributed by atoms with E-state index in [-0.39, 0.29) is 6.61 Å². The van der Waals surface area contributed by atoms with Crippen LogP contribution < -0.4 is 9.47 Å². The van der Waals surface area contributed by atoms with Crippen LogP contribution in [0.25, 0.3) is 0 Å². The highest BCUT2D eigenvalue weighted by Gasteiger charge is 2.07. The summed E-state index contributed by atoms with van der Waals surface area (Å²) < 4.78 is 11.6. The molecule has 4 nitrogen and oxygen atoms in total. The predicted octanol–water partition coefficient (Wildman–Crippen LogP) is 3.72. The van der Waals surface area contributed by atoms with Gasteiger partial charge in [-0.05, 0) is 36.4 Å². The lowest BCUT2D eigenvalue weighted by Crippen LogP contribution is -2.00. The van der Waals surface area contributed by atoms with E-state index in [1.165, 1.54) is 0 Å². The molecule has 0 spiro atoms. The van der Waals surface area contributed by atoms with Gasteiger partial charge in [0, 0.05) is 15.6 Å². The van der Waals surface area contributed by atoms with Crippen LogP contribution in [-0.4, -0.2) is 13.4 Å². The number of methoxy groups -OCH3 is 1. The van der Waals surface area contributed by atoms with Crippen LogP contribution in [0.1, 0.15) is 21.5 Å². The number of nitrogens with zero attached hydrogens (tertiary/aromatic N) is 1. The van der Waals surface area contributed by atoms with Gasteiger partial charge in [-0.15, -0.1) is 0 Å². The normalized spacial score (nSPS) is 9.76. The molecule has 5 heteroatoms. The van der Waals surface area contributed by atoms with Gasteiger partial charge in [0.1, 0.15) is 18.1 Å². The van der Waals surface area contributed by atoms with Crippen LogP contribution >= 0.6 is 15.9 Å². The molecular weight excluding hydrogens is 334 g/mol. The molecule has 0 bridgehead atoms. The molecule has 2 aromatic carbocycles. The van der Waals surface area contributed by atoms with Gasteiger partial charge in [0.25, 0.3) is 0 Å². The van der Waals surface area contributed by atoms with E-state index in [1.54, 1.807) is 43.5 Å². The van der Waals surface area contributed by atoms with Gasteiger partial charge in [0.15, 0.2) is 6.29 Å². The Kier molecular flexibility index (Phi) is 4.96. The van der Waals surface area contributed by atoms with Gasteiger partial charge in [-0.3, -0.25) is 4.79 Å². The Hall–Kier alpha value is -2.32. The second-order valence-corrected chi connectivity index (χ2v) is 5.08. The van der Waals surface area contributed by atoms with Crippen LogP contribution in [0.4, 0.5) is 0 Å². The topological polar surface area (TPSA) is 59.3 Å². The summed E-state index contributed by atoms with van der Waals surface area (Å²) in [5, 5.41) is 8.93. The molecule has 0 radical (unpaired) electrons. The van der Waals surface area contributed by atoms with Crippen LogP contribution in [-0.2, 0) is 6.61 Å². The first kappa shape index (κ1) is 15.1. The third-order valence-electron chi connectivity index (χ3n) is 2.90. The van der Waals surface area contributed by atoms with E-state index < -0.39 is 0 Å². The number of aldehydes is 1. The van der Waals surface area contributed by atoms with Crippen LogP contribution in [0.15, 0.2) is 40.9 Å². The molecule has 0 heterocycles. The minimum atomic E-state index is 0.249. The highest BCUT2D eigenvalue weighted by atomic mass is 79.9. The molecule has 0 atom stereocenters. The van der Waals surface area contributed by atoms with Crippen molar-refractivity contribution in [2.24, 2.45) is 0 Å². The first-order valence-electron chi connectivity index (χ1n) is 6.12. The second kappa shape index (κ2) is 6.91. The smallest absolute Gasteiger partial charge is 0.151 e. The molecule has 2 aromatic rings. The van der Waals surface area contributed by atoms with Crippen molar-refractivity contribution in [3.63, 3.8) is 0 Å². The maximum atomic E-state index is 10.9. The SMILES string of the molecule is COc1ccc(C#N)cc1COc1ccc(Br)c(C=O)c1. The van der Waals surface area contributed by atoms with Gasteiger partial charge >= 0.3 is 0 Å². The summed E-state index contributed by atoms with van der Waals surface area (Å²) in [5.41, 5.74) is 1.83. The molecule has 0 N–H and O–H groups in total. The number of hydrogen-bond acceptors (Lipinski definition) is 4. The number of benzene rings is 2. The molecule has 0 aromatic heterocycles. The lowest BCUT2D eigenvalue weighted by molar-refractivity contribution is 0.112. The predicted molar refractivity (Wildman–Crippen MR) is 81.6 cm³/mol. The highest BCUT2D eigenvalue weighted by Crippen LogP contribution is 2.24. The molecule has 0 saturated carbocycles. The molecule has 0 amide bonds. The molecule has 21 heavy (non-hydrogen) atoms. The molecule has 0 aliphatic rings. The average molecular weight is 346 g/mol. The van der Waals surface area contributed by atoms with E-state index >= 15 is 0 Å². The highest BCUT2D eigenvalue weighted by molar-refractivity contribution is 9.10. The van der Waals surface area contributed by atoms with Crippen LogP contribution in [0.2, 0.25) is 0 Å². The minimum absolute atomic E-state index is 0.249. The third-order valence-corrected chi connectivity index (χ3v) is 3.62. The fourth-order valence-electron chi connectivity index (χ4n) is 1.82. The summed E-state index contributed by atoms with van der Waals surface area (Å²) in [4.78, 5) is 10.9. The summed E-state index contributed by atoms with van der Waals surface area (Å²) in [5.74, 6) is 1.23. The van der Waals surface area contributed by atoms with Crippen LogP contribution in [0, 0.1) is 11.3 Å². The van der Waals surface area contributed by atoms with Crippen molar-refractivity contribution in [3.8, 4) is 17.6 Å². The zero-order valence-electron chi connectivity index (χ0n) is 11.3. The van der Waals surface area contributed by atoms with Crippen molar-refractivity contribution in [2.45, 2.75) is 6.61 Å². The second-order valence-electron chi connectivity index (χ2n) is 4.23. The van der Waals surface area contributed by atoms with Gasteiger partial charge in [-0.25, -0.2) is 0 Å². The van der Waals surface area contributed by atoms with Crippen molar-refractivity contribution >= 4 is 22.2 Å². The molecule has 0 aliphatic heterocycles. The summed E-state index contributed by atoms with van der Waals surface area (Å²) >= 11 is 3.29. The van der Waals surface area contributed by atoms with Gasteiger partial charge < -0.3 is 9.47 Å². The molecule has 0 fully saturated rings. The number of carbonyl (C=O) groups is 1. The Balaban J connectivity index is 2.20. The molecule has 0 saturated heterocycles. The molecule has 0 unspecified atom stereocenters. The Morgan fingerprint density at radius 1 is 1.29 bits per heavy atom. The first-order valence-corrected chi connectivity index (χ1v) is 6.91. The van der Waals surface area contributed by atoms with Crippen LogP contribution in [0.3, 0.4) is 0 Å². The van der Waals surface area contributed by atoms with Crippen molar-refractivity contribution in [2.75, 3.05) is 7.11 Å². The van der Waals surface area contributed by atoms with E-state index in [0.29, 0.717) is 27.1 Å². The quantitative estimate of drug-likeness (QED) is 0.775. The summed E-state index contributed by atoms with van der Waals surface area (Å²) in [6, 6.07) is 12.4. The zero-order chi connectivity index (χ0) is 15.2. The number of carbonyl (C=O) groups excluding carboxylic acids is 1. The van der Waals surface area contributed by atoms with Crippen molar-refractivity contribution in [1.29, 1.82) is 5.26 Å². The maximum Gasteiger partial charge on any atom is 0.151 e. The monoisotopic (exact) mass is 345 g/mol. The van der Waals surface area contributed by atoms with Crippen molar-refractivity contribution in [3.05, 3.63) is 57.6 Å². The maximum absolute atomic E-state index is 10.9. The summed E-state index contributed by atoms with van der Waals surface area (Å²) in [6.45, 7) is 0.249. The van der Waals surface area contributed by atoms with E-state index in [9.17, 15) is 4.79 Å². The minimum Gasteiger partial charge on any atom is -0.496 e.